The summed E-state index contributed by atoms with van der Waals surface area (Å²) in [5, 5.41) is 0.389. The largest absolute Gasteiger partial charge is 0.496 e. The molecule has 0 fully saturated rings. The topological polar surface area (TPSA) is 105 Å². The second-order valence-corrected chi connectivity index (χ2v) is 7.90. The molecular formula is C17H18ClN3O5S. The minimum Gasteiger partial charge on any atom is -0.496 e. The third kappa shape index (κ3) is 5.19. The van der Waals surface area contributed by atoms with Crippen molar-refractivity contribution in [3.8, 4) is 5.75 Å². The van der Waals surface area contributed by atoms with Crippen molar-refractivity contribution in [2.75, 3.05) is 20.7 Å². The fraction of sp³-hybridized carbons (Fsp3) is 0.176. The zero-order valence-electron chi connectivity index (χ0n) is 14.6. The average Bonchev–Trinajstić information content (AvgIpc) is 2.66. The van der Waals surface area contributed by atoms with Gasteiger partial charge in [-0.3, -0.25) is 20.4 Å². The number of methoxy groups -OCH3 is 1. The Hall–Kier alpha value is -2.62. The maximum absolute atomic E-state index is 12.4. The highest BCUT2D eigenvalue weighted by atomic mass is 35.5. The number of benzene rings is 2. The smallest absolute Gasteiger partial charge is 0.273 e. The predicted molar refractivity (Wildman–Crippen MR) is 99.9 cm³/mol. The second-order valence-electron chi connectivity index (χ2n) is 5.42. The Morgan fingerprint density at radius 2 is 1.78 bits per heavy atom. The Kier molecular flexibility index (Phi) is 6.78. The lowest BCUT2D eigenvalue weighted by Crippen LogP contribution is -2.46. The number of sulfonamides is 1. The molecule has 27 heavy (non-hydrogen) atoms. The van der Waals surface area contributed by atoms with Gasteiger partial charge in [-0.25, -0.2) is 8.42 Å². The average molecular weight is 412 g/mol. The fourth-order valence-corrected chi connectivity index (χ4v) is 3.46. The molecule has 0 bridgehead atoms. The van der Waals surface area contributed by atoms with E-state index in [9.17, 15) is 18.0 Å². The van der Waals surface area contributed by atoms with Crippen LogP contribution in [0.25, 0.3) is 0 Å². The van der Waals surface area contributed by atoms with Gasteiger partial charge in [0.2, 0.25) is 10.0 Å². The highest BCUT2D eigenvalue weighted by Crippen LogP contribution is 2.22. The third-order valence-corrected chi connectivity index (χ3v) is 5.59. The van der Waals surface area contributed by atoms with Gasteiger partial charge >= 0.3 is 0 Å². The minimum atomic E-state index is -3.82. The zero-order valence-corrected chi connectivity index (χ0v) is 16.2. The van der Waals surface area contributed by atoms with Crippen molar-refractivity contribution in [3.63, 3.8) is 0 Å². The van der Waals surface area contributed by atoms with Gasteiger partial charge in [-0.15, -0.1) is 0 Å². The number of hydrogen-bond acceptors (Lipinski definition) is 5. The van der Waals surface area contributed by atoms with Gasteiger partial charge in [-0.1, -0.05) is 29.8 Å². The zero-order chi connectivity index (χ0) is 20.0. The summed E-state index contributed by atoms with van der Waals surface area (Å²) in [6.07, 6.45) is 0. The van der Waals surface area contributed by atoms with Crippen LogP contribution in [0.3, 0.4) is 0 Å². The van der Waals surface area contributed by atoms with Crippen molar-refractivity contribution in [2.45, 2.75) is 4.90 Å². The first-order valence-electron chi connectivity index (χ1n) is 7.70. The van der Waals surface area contributed by atoms with Gasteiger partial charge in [-0.2, -0.15) is 4.31 Å². The Balaban J connectivity index is 1.97. The first kappa shape index (κ1) is 20.7. The molecule has 0 radical (unpaired) electrons. The monoisotopic (exact) mass is 411 g/mol. The Labute approximate surface area is 162 Å². The molecule has 0 unspecified atom stereocenters. The first-order valence-corrected chi connectivity index (χ1v) is 9.51. The Morgan fingerprint density at radius 1 is 1.11 bits per heavy atom. The van der Waals surface area contributed by atoms with Crippen molar-refractivity contribution < 1.29 is 22.7 Å². The van der Waals surface area contributed by atoms with E-state index in [-0.39, 0.29) is 16.2 Å². The van der Waals surface area contributed by atoms with E-state index in [1.807, 2.05) is 0 Å². The van der Waals surface area contributed by atoms with Crippen LogP contribution in [-0.4, -0.2) is 45.2 Å². The van der Waals surface area contributed by atoms with Crippen molar-refractivity contribution in [1.82, 2.24) is 15.2 Å². The number of carbonyl (C=O) groups excluding carboxylic acids is 2. The van der Waals surface area contributed by atoms with Gasteiger partial charge in [0, 0.05) is 12.1 Å². The molecule has 8 nitrogen and oxygen atoms in total. The van der Waals surface area contributed by atoms with Crippen LogP contribution in [0.2, 0.25) is 5.02 Å². The predicted octanol–water partition coefficient (Wildman–Crippen LogP) is 1.43. The van der Waals surface area contributed by atoms with Crippen molar-refractivity contribution >= 4 is 33.4 Å². The van der Waals surface area contributed by atoms with Crippen LogP contribution in [0, 0.1) is 0 Å². The molecule has 144 valence electrons. The normalized spacial score (nSPS) is 11.1. The summed E-state index contributed by atoms with van der Waals surface area (Å²) in [7, 11) is -1.17. The van der Waals surface area contributed by atoms with E-state index in [1.165, 1.54) is 44.5 Å². The number of nitrogens with one attached hydrogen (secondary N) is 2. The van der Waals surface area contributed by atoms with Gasteiger partial charge in [0.1, 0.15) is 5.75 Å². The molecule has 2 amide bonds. The number of hydrazine groups is 1. The van der Waals surface area contributed by atoms with Gasteiger partial charge in [0.25, 0.3) is 11.8 Å². The second kappa shape index (κ2) is 8.85. The number of nitrogens with zero attached hydrogens (tertiary/aromatic N) is 1. The summed E-state index contributed by atoms with van der Waals surface area (Å²) in [6.45, 7) is -0.477. The van der Waals surface area contributed by atoms with Crippen LogP contribution < -0.4 is 15.6 Å². The molecule has 0 saturated heterocycles. The molecule has 0 aliphatic heterocycles. The van der Waals surface area contributed by atoms with Gasteiger partial charge in [0.15, 0.2) is 0 Å². The van der Waals surface area contributed by atoms with Crippen molar-refractivity contribution in [2.24, 2.45) is 0 Å². The number of rotatable bonds is 6. The molecule has 2 aromatic carbocycles. The summed E-state index contributed by atoms with van der Waals surface area (Å²) < 4.78 is 30.7. The van der Waals surface area contributed by atoms with Crippen LogP contribution in [-0.2, 0) is 14.8 Å². The maximum Gasteiger partial charge on any atom is 0.273 e. The molecule has 10 heteroatoms. The number of likely N-dealkylation sites (N-methyl/N-ethyl adjacent to an activating group) is 1. The van der Waals surface area contributed by atoms with Crippen molar-refractivity contribution in [3.05, 3.63) is 59.1 Å². The molecular weight excluding hydrogens is 394 g/mol. The first-order chi connectivity index (χ1) is 12.8. The molecule has 0 aliphatic rings. The molecule has 0 aliphatic carbocycles. The molecule has 2 N–H and O–H groups in total. The molecule has 0 aromatic heterocycles. The molecule has 0 spiro atoms. The molecule has 0 saturated carbocycles. The standard InChI is InChI=1S/C17H18ClN3O5S/c1-21(27(24,25)13-6-4-3-5-7-13)11-16(22)19-20-17(23)14-9-8-12(18)10-15(14)26-2/h3-10H,11H2,1-2H3,(H,19,22)(H,20,23). The van der Waals surface area contributed by atoms with Crippen LogP contribution in [0.4, 0.5) is 0 Å². The van der Waals surface area contributed by atoms with E-state index >= 15 is 0 Å². The van der Waals surface area contributed by atoms with Crippen LogP contribution in [0.15, 0.2) is 53.4 Å². The van der Waals surface area contributed by atoms with E-state index < -0.39 is 28.4 Å². The summed E-state index contributed by atoms with van der Waals surface area (Å²) in [5.74, 6) is -1.11. The molecule has 2 aromatic rings. The van der Waals surface area contributed by atoms with Gasteiger partial charge in [0.05, 0.1) is 24.1 Å². The summed E-state index contributed by atoms with van der Waals surface area (Å²) in [6, 6.07) is 12.1. The highest BCUT2D eigenvalue weighted by molar-refractivity contribution is 7.89. The number of carbonyl (C=O) groups is 2. The number of halogens is 1. The highest BCUT2D eigenvalue weighted by Gasteiger charge is 2.23. The summed E-state index contributed by atoms with van der Waals surface area (Å²) in [4.78, 5) is 24.2. The Bertz CT molecular complexity index is 935. The molecule has 2 rings (SSSR count). The minimum absolute atomic E-state index is 0.0650. The van der Waals surface area contributed by atoms with Crippen LogP contribution in [0.5, 0.6) is 5.75 Å². The lowest BCUT2D eigenvalue weighted by Gasteiger charge is -2.17. The van der Waals surface area contributed by atoms with Crippen LogP contribution >= 0.6 is 11.6 Å². The molecule has 0 atom stereocenters. The van der Waals surface area contributed by atoms with Crippen LogP contribution in [0.1, 0.15) is 10.4 Å². The number of hydrogen-bond donors (Lipinski definition) is 2. The SMILES string of the molecule is COc1cc(Cl)ccc1C(=O)NNC(=O)CN(C)S(=O)(=O)c1ccccc1. The lowest BCUT2D eigenvalue weighted by molar-refractivity contribution is -0.121. The van der Waals surface area contributed by atoms with Gasteiger partial charge in [-0.05, 0) is 30.3 Å². The summed E-state index contributed by atoms with van der Waals surface area (Å²) >= 11 is 5.83. The quantitative estimate of drug-likeness (QED) is 0.699. The van der Waals surface area contributed by atoms with E-state index in [0.717, 1.165) is 4.31 Å². The fourth-order valence-electron chi connectivity index (χ4n) is 2.15. The lowest BCUT2D eigenvalue weighted by atomic mass is 10.2. The van der Waals surface area contributed by atoms with Crippen molar-refractivity contribution in [1.29, 1.82) is 0 Å². The van der Waals surface area contributed by atoms with Gasteiger partial charge < -0.3 is 4.74 Å². The van der Waals surface area contributed by atoms with E-state index in [4.69, 9.17) is 16.3 Å². The molecule has 0 heterocycles. The number of ether oxygens (including phenoxy) is 1. The summed E-state index contributed by atoms with van der Waals surface area (Å²) in [5.41, 5.74) is 4.53. The third-order valence-electron chi connectivity index (χ3n) is 3.54. The van der Waals surface area contributed by atoms with E-state index in [0.29, 0.717) is 5.02 Å². The number of amides is 2. The van der Waals surface area contributed by atoms with E-state index in [1.54, 1.807) is 18.2 Å². The maximum atomic E-state index is 12.4. The Morgan fingerprint density at radius 3 is 2.41 bits per heavy atom. The van der Waals surface area contributed by atoms with E-state index in [2.05, 4.69) is 10.9 Å².